The molecule has 0 bridgehead atoms. The molecule has 0 aliphatic carbocycles. The summed E-state index contributed by atoms with van der Waals surface area (Å²) >= 11 is 0. The lowest BCUT2D eigenvalue weighted by atomic mass is 10.2. The fraction of sp³-hybridized carbons (Fsp3) is 0.900. The summed E-state index contributed by atoms with van der Waals surface area (Å²) in [6.07, 6.45) is 4.44. The molecule has 13 heavy (non-hydrogen) atoms. The average molecular weight is 205 g/mol. The highest BCUT2D eigenvalue weighted by atomic mass is 32.2. The second-order valence-electron chi connectivity index (χ2n) is 3.50. The van der Waals surface area contributed by atoms with Crippen LogP contribution in [-0.2, 0) is 9.84 Å². The van der Waals surface area contributed by atoms with E-state index in [1.807, 2.05) is 6.92 Å². The van der Waals surface area contributed by atoms with Crippen molar-refractivity contribution >= 4 is 9.84 Å². The predicted molar refractivity (Wildman–Crippen MR) is 57.4 cm³/mol. The molecule has 2 nitrogen and oxygen atoms in total. The van der Waals surface area contributed by atoms with Crippen molar-refractivity contribution in [2.24, 2.45) is 0 Å². The van der Waals surface area contributed by atoms with Gasteiger partial charge in [-0.2, -0.15) is 0 Å². The van der Waals surface area contributed by atoms with Gasteiger partial charge in [-0.25, -0.2) is 8.42 Å². The highest BCUT2D eigenvalue weighted by Gasteiger charge is 2.17. The van der Waals surface area contributed by atoms with E-state index in [0.29, 0.717) is 5.75 Å². The standard InChI is InChI=1S/C10H21O2S/c1-4-6-7-8-9-13(11,12)10(3)5-2/h10H,1,4-9H2,2-3H3. The Morgan fingerprint density at radius 1 is 1.23 bits per heavy atom. The zero-order chi connectivity index (χ0) is 10.3. The van der Waals surface area contributed by atoms with E-state index in [1.165, 1.54) is 0 Å². The summed E-state index contributed by atoms with van der Waals surface area (Å²) in [6.45, 7) is 7.42. The average Bonchev–Trinajstić information content (AvgIpc) is 2.11. The van der Waals surface area contributed by atoms with Crippen LogP contribution in [0.25, 0.3) is 0 Å². The molecule has 0 saturated carbocycles. The first kappa shape index (κ1) is 12.9. The van der Waals surface area contributed by atoms with E-state index in [-0.39, 0.29) is 5.25 Å². The van der Waals surface area contributed by atoms with Gasteiger partial charge < -0.3 is 0 Å². The second kappa shape index (κ2) is 6.41. The van der Waals surface area contributed by atoms with Crippen LogP contribution in [-0.4, -0.2) is 19.4 Å². The van der Waals surface area contributed by atoms with E-state index in [9.17, 15) is 8.42 Å². The minimum atomic E-state index is -2.81. The number of hydrogen-bond acceptors (Lipinski definition) is 2. The van der Waals surface area contributed by atoms with Crippen LogP contribution in [0, 0.1) is 6.92 Å². The number of hydrogen-bond donors (Lipinski definition) is 0. The molecule has 0 aromatic rings. The third-order valence-corrected chi connectivity index (χ3v) is 4.78. The Hall–Kier alpha value is -0.0500. The highest BCUT2D eigenvalue weighted by Crippen LogP contribution is 2.09. The van der Waals surface area contributed by atoms with Gasteiger partial charge in [-0.1, -0.05) is 33.1 Å². The van der Waals surface area contributed by atoms with Crippen molar-refractivity contribution in [3.63, 3.8) is 0 Å². The molecule has 0 rings (SSSR count). The summed E-state index contributed by atoms with van der Waals surface area (Å²) in [6, 6.07) is 0. The minimum Gasteiger partial charge on any atom is -0.229 e. The first-order valence-electron chi connectivity index (χ1n) is 5.05. The smallest absolute Gasteiger partial charge is 0.152 e. The molecule has 0 spiro atoms. The van der Waals surface area contributed by atoms with Crippen molar-refractivity contribution in [2.75, 3.05) is 5.75 Å². The van der Waals surface area contributed by atoms with Crippen LogP contribution in [0.4, 0.5) is 0 Å². The summed E-state index contributed by atoms with van der Waals surface area (Å²) in [5, 5.41) is -0.174. The van der Waals surface area contributed by atoms with Crippen LogP contribution in [0.3, 0.4) is 0 Å². The van der Waals surface area contributed by atoms with Crippen molar-refractivity contribution in [2.45, 2.75) is 51.2 Å². The number of sulfone groups is 1. The molecule has 0 amide bonds. The lowest BCUT2D eigenvalue weighted by Crippen LogP contribution is -2.20. The molecule has 79 valence electrons. The molecule has 1 atom stereocenters. The Kier molecular flexibility index (Phi) is 6.39. The third-order valence-electron chi connectivity index (χ3n) is 2.37. The Bertz CT molecular complexity index is 207. The quantitative estimate of drug-likeness (QED) is 0.599. The van der Waals surface area contributed by atoms with Crippen LogP contribution < -0.4 is 0 Å². The summed E-state index contributed by atoms with van der Waals surface area (Å²) in [5.41, 5.74) is 0. The van der Waals surface area contributed by atoms with Crippen LogP contribution in [0.5, 0.6) is 0 Å². The van der Waals surface area contributed by atoms with Crippen LogP contribution >= 0.6 is 0 Å². The summed E-state index contributed by atoms with van der Waals surface area (Å²) in [5.74, 6) is 0.349. The summed E-state index contributed by atoms with van der Waals surface area (Å²) < 4.78 is 23.0. The van der Waals surface area contributed by atoms with Crippen LogP contribution in [0.2, 0.25) is 0 Å². The maximum Gasteiger partial charge on any atom is 0.152 e. The van der Waals surface area contributed by atoms with Gasteiger partial charge in [0.25, 0.3) is 0 Å². The fourth-order valence-electron chi connectivity index (χ4n) is 1.11. The van der Waals surface area contributed by atoms with Crippen molar-refractivity contribution in [3.05, 3.63) is 6.92 Å². The van der Waals surface area contributed by atoms with Gasteiger partial charge in [0.15, 0.2) is 9.84 Å². The summed E-state index contributed by atoms with van der Waals surface area (Å²) in [4.78, 5) is 0. The molecule has 0 aromatic heterocycles. The number of rotatable bonds is 7. The minimum absolute atomic E-state index is 0.174. The zero-order valence-electron chi connectivity index (χ0n) is 8.75. The Morgan fingerprint density at radius 2 is 1.85 bits per heavy atom. The zero-order valence-corrected chi connectivity index (χ0v) is 9.57. The molecule has 1 unspecified atom stereocenters. The van der Waals surface area contributed by atoms with Crippen molar-refractivity contribution < 1.29 is 8.42 Å². The van der Waals surface area contributed by atoms with Gasteiger partial charge in [0.1, 0.15) is 0 Å². The SMILES string of the molecule is [CH2]CCCCCS(=O)(=O)C(C)CC. The van der Waals surface area contributed by atoms with Gasteiger partial charge in [-0.05, 0) is 19.8 Å². The molecule has 0 aliphatic heterocycles. The molecular formula is C10H21O2S. The Labute approximate surface area is 82.6 Å². The molecule has 0 aromatic carbocycles. The first-order valence-corrected chi connectivity index (χ1v) is 6.77. The molecule has 0 aliphatic rings. The van der Waals surface area contributed by atoms with Gasteiger partial charge >= 0.3 is 0 Å². The molecule has 1 radical (unpaired) electrons. The monoisotopic (exact) mass is 205 g/mol. The maximum atomic E-state index is 11.5. The number of unbranched alkanes of at least 4 members (excludes halogenated alkanes) is 3. The van der Waals surface area contributed by atoms with E-state index in [2.05, 4.69) is 6.92 Å². The van der Waals surface area contributed by atoms with Crippen LogP contribution in [0.1, 0.15) is 46.0 Å². The largest absolute Gasteiger partial charge is 0.229 e. The van der Waals surface area contributed by atoms with E-state index in [1.54, 1.807) is 6.92 Å². The normalized spacial score (nSPS) is 14.4. The highest BCUT2D eigenvalue weighted by molar-refractivity contribution is 7.91. The molecule has 0 N–H and O–H groups in total. The van der Waals surface area contributed by atoms with Gasteiger partial charge in [0.2, 0.25) is 0 Å². The molecule has 0 heterocycles. The van der Waals surface area contributed by atoms with E-state index in [0.717, 1.165) is 32.1 Å². The maximum absolute atomic E-state index is 11.5. The summed E-state index contributed by atoms with van der Waals surface area (Å²) in [7, 11) is -2.81. The molecule has 3 heteroatoms. The van der Waals surface area contributed by atoms with Gasteiger partial charge in [0.05, 0.1) is 11.0 Å². The lowest BCUT2D eigenvalue weighted by molar-refractivity contribution is 0.575. The second-order valence-corrected chi connectivity index (χ2v) is 6.04. The molecule has 0 saturated heterocycles. The van der Waals surface area contributed by atoms with E-state index >= 15 is 0 Å². The van der Waals surface area contributed by atoms with Crippen molar-refractivity contribution in [1.82, 2.24) is 0 Å². The van der Waals surface area contributed by atoms with Crippen molar-refractivity contribution in [1.29, 1.82) is 0 Å². The van der Waals surface area contributed by atoms with Crippen LogP contribution in [0.15, 0.2) is 0 Å². The Balaban J connectivity index is 3.77. The van der Waals surface area contributed by atoms with Gasteiger partial charge in [-0.3, -0.25) is 0 Å². The van der Waals surface area contributed by atoms with Gasteiger partial charge in [-0.15, -0.1) is 0 Å². The van der Waals surface area contributed by atoms with Crippen molar-refractivity contribution in [3.8, 4) is 0 Å². The first-order chi connectivity index (χ1) is 6.04. The van der Waals surface area contributed by atoms with E-state index < -0.39 is 9.84 Å². The lowest BCUT2D eigenvalue weighted by Gasteiger charge is -2.09. The third kappa shape index (κ3) is 5.29. The van der Waals surface area contributed by atoms with Gasteiger partial charge in [0, 0.05) is 0 Å². The van der Waals surface area contributed by atoms with E-state index in [4.69, 9.17) is 0 Å². The molecular weight excluding hydrogens is 184 g/mol. The Morgan fingerprint density at radius 3 is 2.31 bits per heavy atom. The predicted octanol–water partition coefficient (Wildman–Crippen LogP) is 2.59. The topological polar surface area (TPSA) is 34.1 Å². The fourth-order valence-corrected chi connectivity index (χ4v) is 2.63. The molecule has 0 fully saturated rings.